The van der Waals surface area contributed by atoms with E-state index in [2.05, 4.69) is 19.9 Å². The van der Waals surface area contributed by atoms with Crippen LogP contribution in [0, 0.1) is 5.41 Å². The zero-order chi connectivity index (χ0) is 19.7. The first kappa shape index (κ1) is 19.7. The van der Waals surface area contributed by atoms with Crippen LogP contribution in [-0.2, 0) is 11.3 Å². The Balaban J connectivity index is 1.51. The Morgan fingerprint density at radius 3 is 2.82 bits per heavy atom. The summed E-state index contributed by atoms with van der Waals surface area (Å²) in [4.78, 5) is 16.0. The summed E-state index contributed by atoms with van der Waals surface area (Å²) < 4.78 is 5.59. The highest BCUT2D eigenvalue weighted by atomic mass is 35.5. The molecule has 4 heterocycles. The molecule has 0 unspecified atom stereocenters. The van der Waals surface area contributed by atoms with Gasteiger partial charge >= 0.3 is 0 Å². The molecule has 0 radical (unpaired) electrons. The molecule has 10 heteroatoms. The molecule has 0 aliphatic carbocycles. The van der Waals surface area contributed by atoms with Gasteiger partial charge in [0, 0.05) is 35.6 Å². The predicted octanol–water partition coefficient (Wildman–Crippen LogP) is 1.69. The quantitative estimate of drug-likeness (QED) is 0.675. The number of anilines is 2. The minimum absolute atomic E-state index is 0.0666. The topological polar surface area (TPSA) is 123 Å². The van der Waals surface area contributed by atoms with Gasteiger partial charge in [-0.1, -0.05) is 23.4 Å². The first-order valence-corrected chi connectivity index (χ1v) is 10.3. The number of hydrogen-bond donors (Lipinski definition) is 3. The normalized spacial score (nSPS) is 21.4. The van der Waals surface area contributed by atoms with E-state index < -0.39 is 0 Å². The fourth-order valence-corrected chi connectivity index (χ4v) is 4.84. The van der Waals surface area contributed by atoms with Gasteiger partial charge in [-0.25, -0.2) is 15.0 Å². The van der Waals surface area contributed by atoms with Crippen molar-refractivity contribution in [3.8, 4) is 0 Å². The Bertz CT molecular complexity index is 862. The van der Waals surface area contributed by atoms with Crippen molar-refractivity contribution in [1.29, 1.82) is 0 Å². The van der Waals surface area contributed by atoms with Gasteiger partial charge in [0.1, 0.15) is 16.5 Å². The maximum atomic E-state index is 9.85. The van der Waals surface area contributed by atoms with Crippen LogP contribution in [0.4, 0.5) is 11.6 Å². The Morgan fingerprint density at radius 2 is 2.14 bits per heavy atom. The van der Waals surface area contributed by atoms with Crippen molar-refractivity contribution in [2.75, 3.05) is 36.9 Å². The van der Waals surface area contributed by atoms with Gasteiger partial charge < -0.3 is 26.2 Å². The Hall–Kier alpha value is -1.65. The summed E-state index contributed by atoms with van der Waals surface area (Å²) in [6.45, 7) is 2.81. The average molecular weight is 423 g/mol. The summed E-state index contributed by atoms with van der Waals surface area (Å²) in [6, 6.07) is 1.86. The molecule has 150 valence electrons. The molecule has 5 N–H and O–H groups in total. The smallest absolute Gasteiger partial charge is 0.152 e. The number of ether oxygens (including phenoxy) is 1. The maximum Gasteiger partial charge on any atom is 0.152 e. The van der Waals surface area contributed by atoms with E-state index in [4.69, 9.17) is 27.8 Å². The van der Waals surface area contributed by atoms with Crippen molar-refractivity contribution in [2.24, 2.45) is 11.1 Å². The molecule has 28 heavy (non-hydrogen) atoms. The molecular formula is C18H23ClN6O2S. The second-order valence-corrected chi connectivity index (χ2v) is 8.66. The largest absolute Gasteiger partial charge is 0.390 e. The monoisotopic (exact) mass is 422 g/mol. The first-order chi connectivity index (χ1) is 13.5. The van der Waals surface area contributed by atoms with Crippen LogP contribution in [0.25, 0.3) is 0 Å². The number of aromatic nitrogens is 3. The van der Waals surface area contributed by atoms with Crippen molar-refractivity contribution in [3.63, 3.8) is 0 Å². The fraction of sp³-hybridized carbons (Fsp3) is 0.500. The lowest BCUT2D eigenvalue weighted by Crippen LogP contribution is -2.49. The Morgan fingerprint density at radius 1 is 1.36 bits per heavy atom. The first-order valence-electron chi connectivity index (χ1n) is 9.15. The van der Waals surface area contributed by atoms with Gasteiger partial charge in [-0.15, -0.1) is 0 Å². The van der Waals surface area contributed by atoms with Gasteiger partial charge in [-0.2, -0.15) is 0 Å². The zero-order valence-electron chi connectivity index (χ0n) is 15.3. The molecule has 0 bridgehead atoms. The standard InChI is InChI=1S/C18H23ClN6O2S/c19-15-12(1-4-22-16(15)21)28-14-7-23-17(11(8-26)24-14)25-5-2-18(3-6-25)10-27-9-13(18)20/h1,4,7,13,26H,2-3,5-6,8-10,20H2,(H2,21,22)/t13-/m1/s1. The molecule has 1 spiro atoms. The van der Waals surface area contributed by atoms with Crippen LogP contribution in [-0.4, -0.2) is 52.4 Å². The van der Waals surface area contributed by atoms with Crippen LogP contribution in [0.1, 0.15) is 18.5 Å². The number of pyridine rings is 1. The number of nitrogen functional groups attached to an aromatic ring is 1. The lowest BCUT2D eigenvalue weighted by molar-refractivity contribution is 0.131. The van der Waals surface area contributed by atoms with Crippen LogP contribution in [0.5, 0.6) is 0 Å². The van der Waals surface area contributed by atoms with E-state index in [0.717, 1.165) is 43.3 Å². The molecule has 8 nitrogen and oxygen atoms in total. The fourth-order valence-electron chi connectivity index (χ4n) is 3.81. The molecule has 2 saturated heterocycles. The third-order valence-electron chi connectivity index (χ3n) is 5.58. The molecule has 2 fully saturated rings. The molecule has 1 atom stereocenters. The number of hydrogen-bond acceptors (Lipinski definition) is 9. The van der Waals surface area contributed by atoms with Crippen molar-refractivity contribution < 1.29 is 9.84 Å². The molecular weight excluding hydrogens is 400 g/mol. The van der Waals surface area contributed by atoms with Crippen LogP contribution < -0.4 is 16.4 Å². The van der Waals surface area contributed by atoms with Crippen LogP contribution in [0.15, 0.2) is 28.4 Å². The van der Waals surface area contributed by atoms with Gasteiger partial charge in [0.2, 0.25) is 0 Å². The Kier molecular flexibility index (Phi) is 5.62. The van der Waals surface area contributed by atoms with E-state index in [1.807, 2.05) is 0 Å². The number of piperidine rings is 1. The van der Waals surface area contributed by atoms with Crippen LogP contribution in [0.3, 0.4) is 0 Å². The zero-order valence-corrected chi connectivity index (χ0v) is 16.9. The number of nitrogens with zero attached hydrogens (tertiary/aromatic N) is 4. The second kappa shape index (κ2) is 8.00. The third kappa shape index (κ3) is 3.65. The minimum atomic E-state index is -0.187. The summed E-state index contributed by atoms with van der Waals surface area (Å²) in [5.41, 5.74) is 12.6. The lowest BCUT2D eigenvalue weighted by atomic mass is 9.75. The lowest BCUT2D eigenvalue weighted by Gasteiger charge is -2.41. The molecule has 2 aromatic rings. The maximum absolute atomic E-state index is 9.85. The van der Waals surface area contributed by atoms with Crippen molar-refractivity contribution >= 4 is 35.0 Å². The number of rotatable bonds is 4. The summed E-state index contributed by atoms with van der Waals surface area (Å²) in [5, 5.41) is 10.9. The van der Waals surface area contributed by atoms with E-state index in [9.17, 15) is 5.11 Å². The average Bonchev–Trinajstić information content (AvgIpc) is 3.06. The van der Waals surface area contributed by atoms with E-state index >= 15 is 0 Å². The molecule has 0 saturated carbocycles. The number of aliphatic hydroxyl groups excluding tert-OH is 1. The summed E-state index contributed by atoms with van der Waals surface area (Å²) in [5.74, 6) is 0.990. The van der Waals surface area contributed by atoms with Crippen molar-refractivity contribution in [3.05, 3.63) is 29.2 Å². The SMILES string of the molecule is Nc1nccc(Sc2cnc(N3CCC4(CC3)COC[C@H]4N)c(CO)n2)c1Cl. The van der Waals surface area contributed by atoms with E-state index in [-0.39, 0.29) is 23.9 Å². The molecule has 4 rings (SSSR count). The summed E-state index contributed by atoms with van der Waals surface area (Å²) >= 11 is 7.55. The minimum Gasteiger partial charge on any atom is -0.390 e. The van der Waals surface area contributed by atoms with E-state index in [1.54, 1.807) is 18.5 Å². The molecule has 2 aromatic heterocycles. The van der Waals surface area contributed by atoms with Gasteiger partial charge in [0.25, 0.3) is 0 Å². The van der Waals surface area contributed by atoms with Crippen molar-refractivity contribution in [1.82, 2.24) is 15.0 Å². The molecule has 0 amide bonds. The second-order valence-electron chi connectivity index (χ2n) is 7.22. The highest BCUT2D eigenvalue weighted by Gasteiger charge is 2.44. The summed E-state index contributed by atoms with van der Waals surface area (Å²) in [7, 11) is 0. The summed E-state index contributed by atoms with van der Waals surface area (Å²) in [6.07, 6.45) is 5.19. The molecule has 2 aliphatic rings. The van der Waals surface area contributed by atoms with Crippen LogP contribution in [0.2, 0.25) is 5.02 Å². The predicted molar refractivity (Wildman–Crippen MR) is 108 cm³/mol. The van der Waals surface area contributed by atoms with Gasteiger partial charge in [0.15, 0.2) is 5.82 Å². The van der Waals surface area contributed by atoms with Gasteiger partial charge in [0.05, 0.1) is 31.0 Å². The molecule has 2 aliphatic heterocycles. The number of aliphatic hydroxyl groups is 1. The Labute approximate surface area is 172 Å². The van der Waals surface area contributed by atoms with Gasteiger partial charge in [-0.05, 0) is 18.9 Å². The van der Waals surface area contributed by atoms with Crippen molar-refractivity contribution in [2.45, 2.75) is 35.4 Å². The number of nitrogens with two attached hydrogens (primary N) is 2. The molecule has 0 aromatic carbocycles. The van der Waals surface area contributed by atoms with Crippen LogP contribution >= 0.6 is 23.4 Å². The highest BCUT2D eigenvalue weighted by Crippen LogP contribution is 2.40. The third-order valence-corrected chi connectivity index (χ3v) is 7.05. The van der Waals surface area contributed by atoms with Gasteiger partial charge in [-0.3, -0.25) is 0 Å². The van der Waals surface area contributed by atoms with E-state index in [0.29, 0.717) is 22.3 Å². The number of halogens is 1. The van der Waals surface area contributed by atoms with E-state index in [1.165, 1.54) is 11.8 Å². The highest BCUT2D eigenvalue weighted by molar-refractivity contribution is 7.99.